The van der Waals surface area contributed by atoms with E-state index in [0.717, 1.165) is 17.7 Å². The van der Waals surface area contributed by atoms with Gasteiger partial charge in [0.2, 0.25) is 0 Å². The van der Waals surface area contributed by atoms with Crippen LogP contribution in [0.5, 0.6) is 0 Å². The molecule has 5 heteroatoms. The van der Waals surface area contributed by atoms with E-state index in [-0.39, 0.29) is 18.1 Å². The third-order valence-electron chi connectivity index (χ3n) is 3.71. The molecule has 0 saturated heterocycles. The average Bonchev–Trinajstić information content (AvgIpc) is 2.57. The zero-order valence-electron chi connectivity index (χ0n) is 12.6. The number of hydrogen-bond acceptors (Lipinski definition) is 2. The molecule has 1 atom stereocenters. The molecule has 2 N–H and O–H groups in total. The second-order valence-corrected chi connectivity index (χ2v) is 5.29. The minimum absolute atomic E-state index is 0.0662. The summed E-state index contributed by atoms with van der Waals surface area (Å²) >= 11 is 0. The maximum absolute atomic E-state index is 13.1. The maximum Gasteiger partial charge on any atom is 0.251 e. The molecule has 0 heterocycles. The number of nitrogens with one attached hydrogen (secondary N) is 1. The van der Waals surface area contributed by atoms with Crippen LogP contribution in [0.25, 0.3) is 0 Å². The van der Waals surface area contributed by atoms with Crippen LogP contribution in [0.1, 0.15) is 34.7 Å². The molecule has 2 rings (SSSR count). The van der Waals surface area contributed by atoms with Gasteiger partial charge in [0.15, 0.2) is 11.6 Å². The van der Waals surface area contributed by atoms with Gasteiger partial charge < -0.3 is 10.4 Å². The molecule has 0 aromatic heterocycles. The molecule has 0 aliphatic carbocycles. The van der Waals surface area contributed by atoms with Crippen LogP contribution in [0.4, 0.5) is 8.78 Å². The van der Waals surface area contributed by atoms with Gasteiger partial charge in [-0.2, -0.15) is 0 Å². The van der Waals surface area contributed by atoms with Gasteiger partial charge in [-0.05, 0) is 42.5 Å². The maximum atomic E-state index is 13.1. The van der Waals surface area contributed by atoms with E-state index in [1.54, 1.807) is 0 Å². The van der Waals surface area contributed by atoms with Crippen LogP contribution in [0.2, 0.25) is 0 Å². The van der Waals surface area contributed by atoms with Gasteiger partial charge in [0.25, 0.3) is 5.91 Å². The second-order valence-electron chi connectivity index (χ2n) is 5.29. The molecule has 0 aliphatic heterocycles. The molecule has 2 aromatic rings. The van der Waals surface area contributed by atoms with Gasteiger partial charge in [0, 0.05) is 18.7 Å². The van der Waals surface area contributed by atoms with E-state index in [0.29, 0.717) is 19.4 Å². The average molecular weight is 319 g/mol. The van der Waals surface area contributed by atoms with Crippen molar-refractivity contribution < 1.29 is 18.7 Å². The Morgan fingerprint density at radius 3 is 2.43 bits per heavy atom. The first-order valence-electron chi connectivity index (χ1n) is 7.51. The Bertz CT molecular complexity index is 647. The molecular formula is C18H19F2NO2. The van der Waals surface area contributed by atoms with Crippen molar-refractivity contribution in [1.29, 1.82) is 0 Å². The SMILES string of the molecule is O=C(NCC[C@@H](CCO)c1ccccc1)c1ccc(F)c(F)c1. The zero-order chi connectivity index (χ0) is 16.7. The molecular weight excluding hydrogens is 300 g/mol. The van der Waals surface area contributed by atoms with Gasteiger partial charge in [-0.15, -0.1) is 0 Å². The standard InChI is InChI=1S/C18H19F2NO2/c19-16-7-6-15(12-17(16)20)18(23)21-10-8-14(9-11-22)13-4-2-1-3-5-13/h1-7,12,14,22H,8-11H2,(H,21,23)/t14-/m0/s1. The summed E-state index contributed by atoms with van der Waals surface area (Å²) in [4.78, 5) is 11.9. The highest BCUT2D eigenvalue weighted by Gasteiger charge is 2.13. The van der Waals surface area contributed by atoms with Crippen LogP contribution in [-0.2, 0) is 0 Å². The molecule has 0 aliphatic rings. The van der Waals surface area contributed by atoms with Gasteiger partial charge in [-0.3, -0.25) is 4.79 Å². The monoisotopic (exact) mass is 319 g/mol. The summed E-state index contributed by atoms with van der Waals surface area (Å²) in [6.07, 6.45) is 1.26. The fourth-order valence-corrected chi connectivity index (χ4v) is 2.46. The van der Waals surface area contributed by atoms with Gasteiger partial charge >= 0.3 is 0 Å². The quantitative estimate of drug-likeness (QED) is 0.823. The molecule has 23 heavy (non-hydrogen) atoms. The van der Waals surface area contributed by atoms with Crippen molar-refractivity contribution in [2.45, 2.75) is 18.8 Å². The third kappa shape index (κ3) is 4.86. The summed E-state index contributed by atoms with van der Waals surface area (Å²) in [5, 5.41) is 11.9. The number of aliphatic hydroxyl groups excluding tert-OH is 1. The van der Waals surface area contributed by atoms with Gasteiger partial charge in [0.1, 0.15) is 0 Å². The highest BCUT2D eigenvalue weighted by Crippen LogP contribution is 2.22. The zero-order valence-corrected chi connectivity index (χ0v) is 12.6. The van der Waals surface area contributed by atoms with Crippen LogP contribution in [-0.4, -0.2) is 24.2 Å². The lowest BCUT2D eigenvalue weighted by molar-refractivity contribution is 0.0951. The Kier molecular flexibility index (Phi) is 6.23. The molecule has 3 nitrogen and oxygen atoms in total. The predicted octanol–water partition coefficient (Wildman–Crippen LogP) is 3.25. The summed E-state index contributed by atoms with van der Waals surface area (Å²) in [7, 11) is 0. The van der Waals surface area contributed by atoms with Crippen molar-refractivity contribution in [3.63, 3.8) is 0 Å². The molecule has 0 bridgehead atoms. The highest BCUT2D eigenvalue weighted by molar-refractivity contribution is 5.94. The largest absolute Gasteiger partial charge is 0.396 e. The number of carbonyl (C=O) groups excluding carboxylic acids is 1. The Hall–Kier alpha value is -2.27. The predicted molar refractivity (Wildman–Crippen MR) is 84.2 cm³/mol. The second kappa shape index (κ2) is 8.39. The van der Waals surface area contributed by atoms with Crippen LogP contribution in [0, 0.1) is 11.6 Å². The highest BCUT2D eigenvalue weighted by atomic mass is 19.2. The lowest BCUT2D eigenvalue weighted by Gasteiger charge is -2.16. The lowest BCUT2D eigenvalue weighted by atomic mass is 9.93. The van der Waals surface area contributed by atoms with Crippen molar-refractivity contribution in [2.75, 3.05) is 13.2 Å². The molecule has 2 aromatic carbocycles. The van der Waals surface area contributed by atoms with E-state index < -0.39 is 17.5 Å². The van der Waals surface area contributed by atoms with Crippen LogP contribution >= 0.6 is 0 Å². The summed E-state index contributed by atoms with van der Waals surface area (Å²) in [5.41, 5.74) is 1.19. The van der Waals surface area contributed by atoms with E-state index >= 15 is 0 Å². The Balaban J connectivity index is 1.91. The Morgan fingerprint density at radius 1 is 1.04 bits per heavy atom. The van der Waals surface area contributed by atoms with E-state index in [1.807, 2.05) is 30.3 Å². The van der Waals surface area contributed by atoms with Crippen LogP contribution in [0.15, 0.2) is 48.5 Å². The first kappa shape index (κ1) is 17.1. The molecule has 0 unspecified atom stereocenters. The number of carbonyl (C=O) groups is 1. The first-order valence-corrected chi connectivity index (χ1v) is 7.51. The molecule has 0 spiro atoms. The molecule has 122 valence electrons. The van der Waals surface area contributed by atoms with Crippen molar-refractivity contribution in [2.24, 2.45) is 0 Å². The molecule has 1 amide bonds. The smallest absolute Gasteiger partial charge is 0.251 e. The molecule has 0 radical (unpaired) electrons. The van der Waals surface area contributed by atoms with Crippen molar-refractivity contribution in [3.05, 3.63) is 71.3 Å². The first-order chi connectivity index (χ1) is 11.1. The summed E-state index contributed by atoms with van der Waals surface area (Å²) in [6, 6.07) is 12.8. The Labute approximate surface area is 134 Å². The fourth-order valence-electron chi connectivity index (χ4n) is 2.46. The van der Waals surface area contributed by atoms with Gasteiger partial charge in [-0.25, -0.2) is 8.78 Å². The fraction of sp³-hybridized carbons (Fsp3) is 0.278. The topological polar surface area (TPSA) is 49.3 Å². The van der Waals surface area contributed by atoms with Gasteiger partial charge in [0.05, 0.1) is 0 Å². The van der Waals surface area contributed by atoms with Crippen molar-refractivity contribution in [1.82, 2.24) is 5.32 Å². The van der Waals surface area contributed by atoms with Crippen molar-refractivity contribution >= 4 is 5.91 Å². The summed E-state index contributed by atoms with van der Waals surface area (Å²) < 4.78 is 26.0. The number of halogens is 2. The third-order valence-corrected chi connectivity index (χ3v) is 3.71. The van der Waals surface area contributed by atoms with Crippen LogP contribution < -0.4 is 5.32 Å². The van der Waals surface area contributed by atoms with Crippen molar-refractivity contribution in [3.8, 4) is 0 Å². The number of hydrogen-bond donors (Lipinski definition) is 2. The van der Waals surface area contributed by atoms with E-state index in [9.17, 15) is 18.7 Å². The lowest BCUT2D eigenvalue weighted by Crippen LogP contribution is -2.26. The molecule has 0 fully saturated rings. The van der Waals surface area contributed by atoms with E-state index in [2.05, 4.69) is 5.32 Å². The minimum atomic E-state index is -1.04. The Morgan fingerprint density at radius 2 is 1.78 bits per heavy atom. The van der Waals surface area contributed by atoms with Gasteiger partial charge in [-0.1, -0.05) is 30.3 Å². The summed E-state index contributed by atoms with van der Waals surface area (Å²) in [6.45, 7) is 0.452. The number of aliphatic hydroxyl groups is 1. The van der Waals surface area contributed by atoms with E-state index in [1.165, 1.54) is 6.07 Å². The van der Waals surface area contributed by atoms with Crippen LogP contribution in [0.3, 0.4) is 0 Å². The summed E-state index contributed by atoms with van der Waals surface area (Å²) in [5.74, 6) is -2.33. The normalized spacial score (nSPS) is 12.0. The van der Waals surface area contributed by atoms with E-state index in [4.69, 9.17) is 0 Å². The minimum Gasteiger partial charge on any atom is -0.396 e. The number of benzene rings is 2. The number of rotatable bonds is 7. The molecule has 0 saturated carbocycles. The number of amides is 1.